The van der Waals surface area contributed by atoms with Crippen LogP contribution in [0.3, 0.4) is 0 Å². The number of non-ortho nitro benzene ring substituents is 1. The van der Waals surface area contributed by atoms with E-state index >= 15 is 0 Å². The minimum Gasteiger partial charge on any atom is -0.319 e. The molecule has 8 heteroatoms. The molecule has 0 spiro atoms. The molecule has 2 aromatic carbocycles. The number of nitrogens with one attached hydrogen (secondary N) is 2. The molecule has 0 bridgehead atoms. The van der Waals surface area contributed by atoms with Crippen molar-refractivity contribution in [2.45, 2.75) is 0 Å². The number of rotatable bonds is 4. The predicted octanol–water partition coefficient (Wildman–Crippen LogP) is 2.28. The number of para-hydroxylation sites is 2. The Morgan fingerprint density at radius 2 is 1.91 bits per heavy atom. The van der Waals surface area contributed by atoms with E-state index in [1.54, 1.807) is 12.1 Å². The maximum absolute atomic E-state index is 11.9. The van der Waals surface area contributed by atoms with E-state index in [1.807, 2.05) is 12.1 Å². The molecular weight excluding hydrogens is 298 g/mol. The van der Waals surface area contributed by atoms with Crippen LogP contribution >= 0.6 is 0 Å². The second-order valence-electron chi connectivity index (χ2n) is 4.64. The lowest BCUT2D eigenvalue weighted by molar-refractivity contribution is -0.384. The first-order valence-electron chi connectivity index (χ1n) is 6.66. The first kappa shape index (κ1) is 14.4. The zero-order valence-electron chi connectivity index (χ0n) is 11.8. The van der Waals surface area contributed by atoms with E-state index in [1.165, 1.54) is 30.5 Å². The summed E-state index contributed by atoms with van der Waals surface area (Å²) >= 11 is 0. The summed E-state index contributed by atoms with van der Waals surface area (Å²) in [5.74, 6) is 0. The minimum absolute atomic E-state index is 0.00725. The number of hydrogen-bond acceptors (Lipinski definition) is 6. The number of H-pyrrole nitrogens is 1. The van der Waals surface area contributed by atoms with Gasteiger partial charge >= 0.3 is 0 Å². The van der Waals surface area contributed by atoms with Crippen LogP contribution in [0.4, 0.5) is 11.4 Å². The molecule has 0 aliphatic heterocycles. The number of nitro benzene ring substituents is 1. The molecule has 0 aliphatic carbocycles. The van der Waals surface area contributed by atoms with Crippen LogP contribution in [-0.4, -0.2) is 21.1 Å². The lowest BCUT2D eigenvalue weighted by Gasteiger charge is -2.00. The van der Waals surface area contributed by atoms with Crippen molar-refractivity contribution in [3.8, 4) is 0 Å². The fourth-order valence-electron chi connectivity index (χ4n) is 1.96. The molecule has 3 aromatic rings. The van der Waals surface area contributed by atoms with Gasteiger partial charge in [-0.1, -0.05) is 12.1 Å². The van der Waals surface area contributed by atoms with Gasteiger partial charge in [0.1, 0.15) is 5.69 Å². The van der Waals surface area contributed by atoms with Crippen molar-refractivity contribution < 1.29 is 4.92 Å². The molecule has 0 atom stereocenters. The Balaban J connectivity index is 1.79. The Morgan fingerprint density at radius 3 is 2.65 bits per heavy atom. The number of hydrazone groups is 1. The second-order valence-corrected chi connectivity index (χ2v) is 4.64. The van der Waals surface area contributed by atoms with Crippen molar-refractivity contribution in [2.24, 2.45) is 5.10 Å². The number of hydrogen-bond donors (Lipinski definition) is 2. The predicted molar refractivity (Wildman–Crippen MR) is 86.7 cm³/mol. The van der Waals surface area contributed by atoms with Gasteiger partial charge in [0.25, 0.3) is 11.2 Å². The average molecular weight is 309 g/mol. The van der Waals surface area contributed by atoms with Crippen molar-refractivity contribution in [2.75, 3.05) is 5.43 Å². The molecule has 0 unspecified atom stereocenters. The van der Waals surface area contributed by atoms with E-state index in [0.29, 0.717) is 16.7 Å². The molecular formula is C15H11N5O3. The highest BCUT2D eigenvalue weighted by Crippen LogP contribution is 2.15. The molecule has 0 fully saturated rings. The van der Waals surface area contributed by atoms with Crippen LogP contribution in [0.2, 0.25) is 0 Å². The Kier molecular flexibility index (Phi) is 3.79. The van der Waals surface area contributed by atoms with Crippen molar-refractivity contribution in [1.29, 1.82) is 0 Å². The van der Waals surface area contributed by atoms with Crippen LogP contribution in [0.15, 0.2) is 58.4 Å². The molecule has 0 saturated carbocycles. The van der Waals surface area contributed by atoms with E-state index in [0.717, 1.165) is 0 Å². The number of nitrogens with zero attached hydrogens (tertiary/aromatic N) is 3. The monoisotopic (exact) mass is 309 g/mol. The number of aromatic amines is 1. The highest BCUT2D eigenvalue weighted by Gasteiger charge is 2.04. The number of benzene rings is 2. The number of anilines is 1. The van der Waals surface area contributed by atoms with Gasteiger partial charge in [-0.25, -0.2) is 4.98 Å². The SMILES string of the molecule is O=c1[nH]c2ccccc2nc1/C=N\Nc1ccc([N+](=O)[O-])cc1. The van der Waals surface area contributed by atoms with Gasteiger partial charge in [0, 0.05) is 12.1 Å². The average Bonchev–Trinajstić information content (AvgIpc) is 2.56. The highest BCUT2D eigenvalue weighted by atomic mass is 16.6. The Morgan fingerprint density at radius 1 is 1.17 bits per heavy atom. The standard InChI is InChI=1S/C15H11N5O3/c21-15-14(17-12-3-1-2-4-13(12)18-15)9-16-19-10-5-7-11(8-6-10)20(22)23/h1-9,19H,(H,18,21)/b16-9-. The van der Waals surface area contributed by atoms with Crippen LogP contribution in [0.5, 0.6) is 0 Å². The molecule has 114 valence electrons. The first-order valence-corrected chi connectivity index (χ1v) is 6.66. The fourth-order valence-corrected chi connectivity index (χ4v) is 1.96. The largest absolute Gasteiger partial charge is 0.319 e. The second kappa shape index (κ2) is 6.06. The number of fused-ring (bicyclic) bond motifs is 1. The third-order valence-corrected chi connectivity index (χ3v) is 3.08. The van der Waals surface area contributed by atoms with Crippen molar-refractivity contribution in [1.82, 2.24) is 9.97 Å². The van der Waals surface area contributed by atoms with Gasteiger partial charge < -0.3 is 4.98 Å². The molecule has 0 amide bonds. The van der Waals surface area contributed by atoms with Gasteiger partial charge in [-0.05, 0) is 24.3 Å². The molecule has 8 nitrogen and oxygen atoms in total. The fraction of sp³-hybridized carbons (Fsp3) is 0. The summed E-state index contributed by atoms with van der Waals surface area (Å²) in [5.41, 5.74) is 4.36. The number of aromatic nitrogens is 2. The topological polar surface area (TPSA) is 113 Å². The smallest absolute Gasteiger partial charge is 0.276 e. The third-order valence-electron chi connectivity index (χ3n) is 3.08. The normalized spacial score (nSPS) is 11.0. The summed E-state index contributed by atoms with van der Waals surface area (Å²) in [6, 6.07) is 12.9. The van der Waals surface area contributed by atoms with Gasteiger partial charge in [0.15, 0.2) is 0 Å². The summed E-state index contributed by atoms with van der Waals surface area (Å²) in [4.78, 5) is 28.9. The molecule has 0 saturated heterocycles. The van der Waals surface area contributed by atoms with Crippen LogP contribution in [0.25, 0.3) is 11.0 Å². The van der Waals surface area contributed by atoms with E-state index in [9.17, 15) is 14.9 Å². The van der Waals surface area contributed by atoms with Crippen LogP contribution in [-0.2, 0) is 0 Å². The Hall–Kier alpha value is -3.55. The number of nitro groups is 1. The molecule has 23 heavy (non-hydrogen) atoms. The lowest BCUT2D eigenvalue weighted by atomic mass is 10.3. The van der Waals surface area contributed by atoms with E-state index < -0.39 is 4.92 Å². The first-order chi connectivity index (χ1) is 11.1. The van der Waals surface area contributed by atoms with Gasteiger partial charge in [-0.3, -0.25) is 20.3 Å². The summed E-state index contributed by atoms with van der Waals surface area (Å²) in [6.45, 7) is 0. The van der Waals surface area contributed by atoms with Crippen LogP contribution in [0.1, 0.15) is 5.69 Å². The van der Waals surface area contributed by atoms with Crippen molar-refractivity contribution in [3.05, 3.63) is 74.7 Å². The third kappa shape index (κ3) is 3.21. The van der Waals surface area contributed by atoms with Crippen molar-refractivity contribution >= 4 is 28.6 Å². The van der Waals surface area contributed by atoms with Gasteiger partial charge in [0.2, 0.25) is 0 Å². The van der Waals surface area contributed by atoms with E-state index in [4.69, 9.17) is 0 Å². The summed E-state index contributed by atoms with van der Waals surface area (Å²) in [6.07, 6.45) is 1.30. The zero-order chi connectivity index (χ0) is 16.2. The van der Waals surface area contributed by atoms with Gasteiger partial charge in [-0.15, -0.1) is 0 Å². The van der Waals surface area contributed by atoms with Crippen LogP contribution in [0, 0.1) is 10.1 Å². The lowest BCUT2D eigenvalue weighted by Crippen LogP contribution is -2.15. The van der Waals surface area contributed by atoms with Crippen LogP contribution < -0.4 is 11.0 Å². The van der Waals surface area contributed by atoms with Gasteiger partial charge in [-0.2, -0.15) is 5.10 Å². The molecule has 0 aliphatic rings. The molecule has 1 aromatic heterocycles. The van der Waals surface area contributed by atoms with Crippen molar-refractivity contribution in [3.63, 3.8) is 0 Å². The minimum atomic E-state index is -0.481. The molecule has 3 rings (SSSR count). The molecule has 2 N–H and O–H groups in total. The quantitative estimate of drug-likeness (QED) is 0.436. The summed E-state index contributed by atoms with van der Waals surface area (Å²) in [5, 5.41) is 14.5. The van der Waals surface area contributed by atoms with Gasteiger partial charge in [0.05, 0.1) is 27.9 Å². The summed E-state index contributed by atoms with van der Waals surface area (Å²) in [7, 11) is 0. The van der Waals surface area contributed by atoms with E-state index in [2.05, 4.69) is 20.5 Å². The summed E-state index contributed by atoms with van der Waals surface area (Å²) < 4.78 is 0. The Labute approximate surface area is 129 Å². The molecule has 0 radical (unpaired) electrons. The maximum Gasteiger partial charge on any atom is 0.276 e. The molecule has 1 heterocycles. The zero-order valence-corrected chi connectivity index (χ0v) is 11.8. The van der Waals surface area contributed by atoms with E-state index in [-0.39, 0.29) is 16.9 Å². The maximum atomic E-state index is 11.9. The Bertz CT molecular complexity index is 947. The highest BCUT2D eigenvalue weighted by molar-refractivity contribution is 5.82.